The van der Waals surface area contributed by atoms with Gasteiger partial charge in [0.05, 0.1) is 40.7 Å². The quantitative estimate of drug-likeness (QED) is 0.852. The monoisotopic (exact) mass is 374 g/mol. The van der Waals surface area contributed by atoms with E-state index in [1.807, 2.05) is 0 Å². The van der Waals surface area contributed by atoms with Gasteiger partial charge in [-0.1, -0.05) is 0 Å². The molecule has 9 heteroatoms. The SMILES string of the molecule is COC(=O)N1CCc2nc(Nc3cc(OC)c(OC)c(OC)c3)ncc2C1. The van der Waals surface area contributed by atoms with E-state index in [-0.39, 0.29) is 6.09 Å². The van der Waals surface area contributed by atoms with Crippen LogP contribution in [0.1, 0.15) is 11.3 Å². The molecule has 2 aromatic rings. The van der Waals surface area contributed by atoms with Crippen LogP contribution in [-0.4, -0.2) is 55.9 Å². The first kappa shape index (κ1) is 18.6. The molecule has 0 bridgehead atoms. The first-order valence-electron chi connectivity index (χ1n) is 8.34. The molecule has 0 aliphatic carbocycles. The summed E-state index contributed by atoms with van der Waals surface area (Å²) in [6.07, 6.45) is 2.01. The Morgan fingerprint density at radius 3 is 2.41 bits per heavy atom. The number of methoxy groups -OCH3 is 4. The molecule has 9 nitrogen and oxygen atoms in total. The summed E-state index contributed by atoms with van der Waals surface area (Å²) < 4.78 is 20.8. The average molecular weight is 374 g/mol. The van der Waals surface area contributed by atoms with Gasteiger partial charge in [0.25, 0.3) is 0 Å². The molecule has 27 heavy (non-hydrogen) atoms. The Kier molecular flexibility index (Phi) is 5.49. The van der Waals surface area contributed by atoms with Crippen molar-refractivity contribution in [3.05, 3.63) is 29.6 Å². The van der Waals surface area contributed by atoms with E-state index >= 15 is 0 Å². The van der Waals surface area contributed by atoms with E-state index in [9.17, 15) is 4.79 Å². The van der Waals surface area contributed by atoms with Crippen molar-refractivity contribution >= 4 is 17.7 Å². The molecule has 1 amide bonds. The number of hydrogen-bond donors (Lipinski definition) is 1. The van der Waals surface area contributed by atoms with E-state index in [4.69, 9.17) is 18.9 Å². The molecule has 0 unspecified atom stereocenters. The van der Waals surface area contributed by atoms with E-state index in [0.29, 0.717) is 48.4 Å². The maximum atomic E-state index is 11.7. The van der Waals surface area contributed by atoms with Crippen molar-refractivity contribution in [2.75, 3.05) is 40.3 Å². The number of benzene rings is 1. The summed E-state index contributed by atoms with van der Waals surface area (Å²) in [4.78, 5) is 22.2. The van der Waals surface area contributed by atoms with Gasteiger partial charge < -0.3 is 29.2 Å². The number of rotatable bonds is 5. The Morgan fingerprint density at radius 1 is 1.11 bits per heavy atom. The number of aromatic nitrogens is 2. The van der Waals surface area contributed by atoms with E-state index in [2.05, 4.69) is 15.3 Å². The first-order chi connectivity index (χ1) is 13.1. The smallest absolute Gasteiger partial charge is 0.409 e. The largest absolute Gasteiger partial charge is 0.493 e. The molecule has 1 N–H and O–H groups in total. The topological polar surface area (TPSA) is 95.0 Å². The molecular formula is C18H22N4O5. The van der Waals surface area contributed by atoms with Crippen LogP contribution < -0.4 is 19.5 Å². The fourth-order valence-corrected chi connectivity index (χ4v) is 2.94. The van der Waals surface area contributed by atoms with Gasteiger partial charge in [0.1, 0.15) is 0 Å². The molecule has 144 valence electrons. The number of carbonyl (C=O) groups excluding carboxylic acids is 1. The molecule has 0 atom stereocenters. The van der Waals surface area contributed by atoms with Crippen LogP contribution >= 0.6 is 0 Å². The number of carbonyl (C=O) groups is 1. The fourth-order valence-electron chi connectivity index (χ4n) is 2.94. The highest BCUT2D eigenvalue weighted by Gasteiger charge is 2.23. The Labute approximate surface area is 157 Å². The molecule has 3 rings (SSSR count). The van der Waals surface area contributed by atoms with Gasteiger partial charge in [-0.3, -0.25) is 0 Å². The van der Waals surface area contributed by atoms with Gasteiger partial charge in [-0.2, -0.15) is 0 Å². The molecule has 1 aliphatic rings. The zero-order valence-electron chi connectivity index (χ0n) is 15.7. The molecule has 1 aromatic carbocycles. The van der Waals surface area contributed by atoms with Crippen molar-refractivity contribution in [3.8, 4) is 17.2 Å². The maximum Gasteiger partial charge on any atom is 0.409 e. The summed E-state index contributed by atoms with van der Waals surface area (Å²) in [5.41, 5.74) is 2.51. The van der Waals surface area contributed by atoms with E-state index in [1.54, 1.807) is 44.6 Å². The molecule has 0 radical (unpaired) electrons. The molecular weight excluding hydrogens is 352 g/mol. The number of amides is 1. The number of hydrogen-bond acceptors (Lipinski definition) is 8. The lowest BCUT2D eigenvalue weighted by Crippen LogP contribution is -2.36. The maximum absolute atomic E-state index is 11.7. The minimum Gasteiger partial charge on any atom is -0.493 e. The summed E-state index contributed by atoms with van der Waals surface area (Å²) >= 11 is 0. The van der Waals surface area contributed by atoms with Crippen molar-refractivity contribution in [1.29, 1.82) is 0 Å². The van der Waals surface area contributed by atoms with Gasteiger partial charge in [0, 0.05) is 42.5 Å². The molecule has 0 saturated heterocycles. The van der Waals surface area contributed by atoms with Crippen LogP contribution in [0.2, 0.25) is 0 Å². The molecule has 1 aromatic heterocycles. The molecule has 0 fully saturated rings. The van der Waals surface area contributed by atoms with Crippen LogP contribution in [0.25, 0.3) is 0 Å². The molecule has 2 heterocycles. The highest BCUT2D eigenvalue weighted by Crippen LogP contribution is 2.40. The number of nitrogens with zero attached hydrogens (tertiary/aromatic N) is 3. The Bertz CT molecular complexity index is 817. The summed E-state index contributed by atoms with van der Waals surface area (Å²) in [6.45, 7) is 0.993. The molecule has 1 aliphatic heterocycles. The number of fused-ring (bicyclic) bond motifs is 1. The van der Waals surface area contributed by atoms with Gasteiger partial charge in [-0.25, -0.2) is 14.8 Å². The van der Waals surface area contributed by atoms with Crippen LogP contribution in [0.5, 0.6) is 17.2 Å². The second-order valence-electron chi connectivity index (χ2n) is 5.85. The van der Waals surface area contributed by atoms with Gasteiger partial charge in [0.2, 0.25) is 11.7 Å². The van der Waals surface area contributed by atoms with Gasteiger partial charge in [0.15, 0.2) is 11.5 Å². The highest BCUT2D eigenvalue weighted by atomic mass is 16.5. The number of anilines is 2. The van der Waals surface area contributed by atoms with Crippen molar-refractivity contribution in [2.24, 2.45) is 0 Å². The zero-order chi connectivity index (χ0) is 19.4. The zero-order valence-corrected chi connectivity index (χ0v) is 15.7. The van der Waals surface area contributed by atoms with Crippen LogP contribution in [0, 0.1) is 0 Å². The lowest BCUT2D eigenvalue weighted by Gasteiger charge is -2.26. The second-order valence-corrected chi connectivity index (χ2v) is 5.85. The third kappa shape index (κ3) is 3.81. The Balaban J connectivity index is 1.82. The van der Waals surface area contributed by atoms with Crippen molar-refractivity contribution < 1.29 is 23.7 Å². The van der Waals surface area contributed by atoms with Crippen molar-refractivity contribution in [3.63, 3.8) is 0 Å². The molecule has 0 spiro atoms. The van der Waals surface area contributed by atoms with Crippen LogP contribution in [0.3, 0.4) is 0 Å². The standard InChI is InChI=1S/C18H22N4O5/c1-24-14-7-12(8-15(25-2)16(14)26-3)20-17-19-9-11-10-22(18(23)27-4)6-5-13(11)21-17/h7-9H,5-6,10H2,1-4H3,(H,19,20,21). The predicted octanol–water partition coefficient (Wildman–Crippen LogP) is 2.37. The Hall–Kier alpha value is -3.23. The minimum atomic E-state index is -0.347. The first-order valence-corrected chi connectivity index (χ1v) is 8.34. The summed E-state index contributed by atoms with van der Waals surface area (Å²) in [6, 6.07) is 3.56. The number of ether oxygens (including phenoxy) is 4. The lowest BCUT2D eigenvalue weighted by atomic mass is 10.1. The minimum absolute atomic E-state index is 0.347. The van der Waals surface area contributed by atoms with Crippen LogP contribution in [-0.2, 0) is 17.7 Å². The van der Waals surface area contributed by atoms with E-state index < -0.39 is 0 Å². The average Bonchev–Trinajstić information content (AvgIpc) is 2.71. The van der Waals surface area contributed by atoms with Gasteiger partial charge in [-0.05, 0) is 0 Å². The predicted molar refractivity (Wildman–Crippen MR) is 97.9 cm³/mol. The summed E-state index contributed by atoms with van der Waals surface area (Å²) in [7, 11) is 6.05. The molecule has 0 saturated carbocycles. The van der Waals surface area contributed by atoms with E-state index in [0.717, 1.165) is 11.3 Å². The Morgan fingerprint density at radius 2 is 1.81 bits per heavy atom. The third-order valence-electron chi connectivity index (χ3n) is 4.29. The third-order valence-corrected chi connectivity index (χ3v) is 4.29. The second kappa shape index (κ2) is 7.98. The van der Waals surface area contributed by atoms with Crippen LogP contribution in [0.15, 0.2) is 18.3 Å². The fraction of sp³-hybridized carbons (Fsp3) is 0.389. The van der Waals surface area contributed by atoms with Crippen LogP contribution in [0.4, 0.5) is 16.4 Å². The van der Waals surface area contributed by atoms with E-state index in [1.165, 1.54) is 7.11 Å². The lowest BCUT2D eigenvalue weighted by molar-refractivity contribution is 0.118. The summed E-state index contributed by atoms with van der Waals surface area (Å²) in [5.74, 6) is 2.03. The van der Waals surface area contributed by atoms with Gasteiger partial charge >= 0.3 is 6.09 Å². The van der Waals surface area contributed by atoms with Crippen molar-refractivity contribution in [2.45, 2.75) is 13.0 Å². The summed E-state index contributed by atoms with van der Waals surface area (Å²) in [5, 5.41) is 3.16. The normalized spacial score (nSPS) is 12.8. The highest BCUT2D eigenvalue weighted by molar-refractivity contribution is 5.68. The van der Waals surface area contributed by atoms with Crippen molar-refractivity contribution in [1.82, 2.24) is 14.9 Å². The van der Waals surface area contributed by atoms with Gasteiger partial charge in [-0.15, -0.1) is 0 Å². The number of nitrogens with one attached hydrogen (secondary N) is 1.